The molecule has 0 unspecified atom stereocenters. The van der Waals surface area contributed by atoms with Crippen LogP contribution in [0, 0.1) is 4.38 Å². The molecule has 0 heterocycles. The van der Waals surface area contributed by atoms with Crippen molar-refractivity contribution in [2.24, 2.45) is 5.90 Å². The maximum absolute atomic E-state index is 6.50. The van der Waals surface area contributed by atoms with E-state index in [1.807, 2.05) is 0 Å². The standard InChI is InChI=1S/Cu.H3NO.HN/c;1-2;/h;2H,1H2;1H. The summed E-state index contributed by atoms with van der Waals surface area (Å²) >= 11 is 3.44. The van der Waals surface area contributed by atoms with Crippen LogP contribution < -0.4 is 5.90 Å². The fourth-order valence-corrected chi connectivity index (χ4v) is 0. The molecule has 4 heteroatoms. The van der Waals surface area contributed by atoms with E-state index in [1.165, 1.54) is 0 Å². The first-order chi connectivity index (χ1) is 2.00. The average molecular weight is 112 g/mol. The monoisotopic (exact) mass is 111 g/mol. The van der Waals surface area contributed by atoms with Crippen LogP contribution in [-0.2, 0) is 15.8 Å². The van der Waals surface area contributed by atoms with Gasteiger partial charge in [0.25, 0.3) is 0 Å². The molecular weight excluding hydrogens is 108 g/mol. The molecule has 0 amide bonds. The Morgan fingerprint density at radius 3 is 1.50 bits per heavy atom. The molecule has 0 fully saturated rings. The van der Waals surface area contributed by atoms with E-state index in [9.17, 15) is 0 Å². The Bertz CT molecular complexity index is 6.00. The molecule has 31 valence electrons. The molecule has 0 aromatic heterocycles. The molecule has 0 bridgehead atoms. The van der Waals surface area contributed by atoms with E-state index in [-0.39, 0.29) is 0 Å². The Morgan fingerprint density at radius 2 is 1.50 bits per heavy atom. The van der Waals surface area contributed by atoms with Crippen LogP contribution in [0.5, 0.6) is 0 Å². The van der Waals surface area contributed by atoms with Crippen molar-refractivity contribution in [1.29, 1.82) is 4.38 Å². The zero-order valence-electron chi connectivity index (χ0n) is 1.83. The zero-order chi connectivity index (χ0) is 4.00. The normalized spacial score (nSPS) is 3.00. The van der Waals surface area contributed by atoms with E-state index < -0.39 is 0 Å². The molecule has 4 N–H and O–H groups in total. The van der Waals surface area contributed by atoms with E-state index in [1.54, 1.807) is 0 Å². The fraction of sp³-hybridized carbons (Fsp3) is 0. The summed E-state index contributed by atoms with van der Waals surface area (Å²) in [6, 6.07) is 0. The van der Waals surface area contributed by atoms with Gasteiger partial charge < -0.3 is 5.21 Å². The molecule has 0 saturated heterocycles. The fourth-order valence-electron chi connectivity index (χ4n) is 0. The molecule has 0 atom stereocenters. The van der Waals surface area contributed by atoms with Crippen molar-refractivity contribution in [1.82, 2.24) is 0 Å². The van der Waals surface area contributed by atoms with Crippen LogP contribution in [0.2, 0.25) is 0 Å². The molecule has 0 aromatic rings. The van der Waals surface area contributed by atoms with Gasteiger partial charge in [0, 0.05) is 0 Å². The van der Waals surface area contributed by atoms with E-state index in [0.29, 0.717) is 0 Å². The van der Waals surface area contributed by atoms with Gasteiger partial charge in [-0.1, -0.05) is 0 Å². The van der Waals surface area contributed by atoms with Crippen LogP contribution in [0.15, 0.2) is 0 Å². The van der Waals surface area contributed by atoms with Crippen LogP contribution in [0.4, 0.5) is 0 Å². The van der Waals surface area contributed by atoms with Crippen LogP contribution in [-0.4, -0.2) is 5.21 Å². The zero-order valence-corrected chi connectivity index (χ0v) is 2.77. The summed E-state index contributed by atoms with van der Waals surface area (Å²) in [5, 5.41) is 6.50. The van der Waals surface area contributed by atoms with Gasteiger partial charge in [0.05, 0.1) is 0 Å². The van der Waals surface area contributed by atoms with E-state index in [4.69, 9.17) is 9.59 Å². The molecule has 0 saturated carbocycles. The third-order valence-electron chi connectivity index (χ3n) is 0. The second-order valence-electron chi connectivity index (χ2n) is 0. The molecule has 0 aliphatic rings. The summed E-state index contributed by atoms with van der Waals surface area (Å²) in [7, 11) is 0. The second-order valence-corrected chi connectivity index (χ2v) is 0. The Morgan fingerprint density at radius 1 is 1.50 bits per heavy atom. The predicted octanol–water partition coefficient (Wildman–Crippen LogP) is -0.370. The van der Waals surface area contributed by atoms with Gasteiger partial charge >= 0.3 is 20.2 Å². The van der Waals surface area contributed by atoms with Crippen LogP contribution in [0.1, 0.15) is 0 Å². The summed E-state index contributed by atoms with van der Waals surface area (Å²) in [5.41, 5.74) is 0. The van der Waals surface area contributed by atoms with E-state index in [2.05, 4.69) is 21.7 Å². The summed E-state index contributed by atoms with van der Waals surface area (Å²) in [6.45, 7) is 0. The van der Waals surface area contributed by atoms with Crippen LogP contribution in [0.25, 0.3) is 0 Å². The van der Waals surface area contributed by atoms with Gasteiger partial charge in [-0.3, -0.25) is 0 Å². The third kappa shape index (κ3) is 60.0. The Kier molecular flexibility index (Phi) is 628. The van der Waals surface area contributed by atoms with Gasteiger partial charge in [-0.15, -0.1) is 0 Å². The summed E-state index contributed by atoms with van der Waals surface area (Å²) in [5.74, 6) is 3.50. The Hall–Kier alpha value is 0.239. The SMILES string of the molecule is NO.[NH]=[Cu]. The van der Waals surface area contributed by atoms with E-state index >= 15 is 0 Å². The quantitative estimate of drug-likeness (QED) is 0.295. The van der Waals surface area contributed by atoms with Gasteiger partial charge in [-0.05, 0) is 0 Å². The molecule has 4 heavy (non-hydrogen) atoms. The van der Waals surface area contributed by atoms with Gasteiger partial charge in [0.2, 0.25) is 0 Å². The Balaban J connectivity index is 0. The molecule has 0 aliphatic heterocycles. The predicted molar refractivity (Wildman–Crippen MR) is 8.69 cm³/mol. The summed E-state index contributed by atoms with van der Waals surface area (Å²) in [4.78, 5) is 0. The van der Waals surface area contributed by atoms with Gasteiger partial charge in [-0.2, -0.15) is 0 Å². The molecule has 3 nitrogen and oxygen atoms in total. The first kappa shape index (κ1) is 8.87. The van der Waals surface area contributed by atoms with Crippen molar-refractivity contribution in [2.45, 2.75) is 0 Å². The molecule has 0 aliphatic carbocycles. The van der Waals surface area contributed by atoms with Crippen molar-refractivity contribution in [3.05, 3.63) is 0 Å². The van der Waals surface area contributed by atoms with Gasteiger partial charge in [0.1, 0.15) is 0 Å². The number of nitrogens with two attached hydrogens (primary N) is 1. The van der Waals surface area contributed by atoms with Crippen molar-refractivity contribution >= 4 is 0 Å². The molecule has 0 radical (unpaired) electrons. The van der Waals surface area contributed by atoms with Gasteiger partial charge in [0.15, 0.2) is 0 Å². The first-order valence-corrected chi connectivity index (χ1v) is 0.880. The van der Waals surface area contributed by atoms with Crippen molar-refractivity contribution in [3.8, 4) is 0 Å². The van der Waals surface area contributed by atoms with Crippen LogP contribution >= 0.6 is 0 Å². The molecule has 0 spiro atoms. The van der Waals surface area contributed by atoms with Crippen molar-refractivity contribution in [2.75, 3.05) is 0 Å². The summed E-state index contributed by atoms with van der Waals surface area (Å²) < 4.78 is 5.31. The first-order valence-electron chi connectivity index (χ1n) is 0.409. The number of hydrogen-bond donors (Lipinski definition) is 3. The Labute approximate surface area is 32.2 Å². The molecule has 0 aromatic carbocycles. The topological polar surface area (TPSA) is 70.1 Å². The van der Waals surface area contributed by atoms with Crippen LogP contribution in [0.3, 0.4) is 0 Å². The minimum atomic E-state index is 3.44. The number of hydrogen-bond acceptors (Lipinski definition) is 3. The van der Waals surface area contributed by atoms with E-state index in [0.717, 1.165) is 0 Å². The molecular formula is H4CuN2O. The average Bonchev–Trinajstić information content (AvgIpc) is 1.50. The van der Waals surface area contributed by atoms with Gasteiger partial charge in [-0.25, -0.2) is 5.90 Å². The maximum atomic E-state index is 6.50. The molecule has 0 rings (SSSR count). The summed E-state index contributed by atoms with van der Waals surface area (Å²) in [6.07, 6.45) is 0. The number of nitrogens with one attached hydrogen (secondary N) is 1. The second kappa shape index (κ2) is 283. The minimum absolute atomic E-state index is 3.44. The third-order valence-corrected chi connectivity index (χ3v) is 0. The number of rotatable bonds is 0. The van der Waals surface area contributed by atoms with Crippen molar-refractivity contribution < 1.29 is 21.0 Å². The van der Waals surface area contributed by atoms with Crippen molar-refractivity contribution in [3.63, 3.8) is 0 Å².